The van der Waals surface area contributed by atoms with Crippen molar-refractivity contribution in [3.63, 3.8) is 0 Å². The molecule has 5 heteroatoms. The van der Waals surface area contributed by atoms with Crippen LogP contribution in [0.25, 0.3) is 27.9 Å². The molecular weight excluding hydrogens is 376 g/mol. The van der Waals surface area contributed by atoms with Gasteiger partial charge >= 0.3 is 0 Å². The molecule has 1 aromatic heterocycles. The Morgan fingerprint density at radius 1 is 0.800 bits per heavy atom. The molecule has 0 bridgehead atoms. The number of nitrogens with zero attached hydrogens (tertiary/aromatic N) is 2. The lowest BCUT2D eigenvalue weighted by Gasteiger charge is -2.12. The molecule has 3 aromatic carbocycles. The molecule has 0 radical (unpaired) electrons. The van der Waals surface area contributed by atoms with Crippen molar-refractivity contribution in [3.8, 4) is 39.4 Å². The fourth-order valence-electron chi connectivity index (χ4n) is 4.06. The van der Waals surface area contributed by atoms with E-state index in [9.17, 15) is 4.79 Å². The summed E-state index contributed by atoms with van der Waals surface area (Å²) >= 11 is 0. The highest BCUT2D eigenvalue weighted by Gasteiger charge is 2.29. The smallest absolute Gasteiger partial charge is 0.194 e. The molecule has 1 heterocycles. The fourth-order valence-corrected chi connectivity index (χ4v) is 4.06. The van der Waals surface area contributed by atoms with Crippen LogP contribution in [0.2, 0.25) is 0 Å². The van der Waals surface area contributed by atoms with Crippen molar-refractivity contribution >= 4 is 5.78 Å². The molecule has 1 aliphatic rings. The molecule has 0 spiro atoms. The topological polar surface area (TPSA) is 53.4 Å². The van der Waals surface area contributed by atoms with Crippen molar-refractivity contribution < 1.29 is 14.3 Å². The molecule has 0 saturated heterocycles. The molecule has 0 saturated carbocycles. The first-order valence-corrected chi connectivity index (χ1v) is 9.66. The summed E-state index contributed by atoms with van der Waals surface area (Å²) in [5, 5.41) is 0. The van der Waals surface area contributed by atoms with Crippen LogP contribution in [0.15, 0.2) is 67.1 Å². The second-order valence-corrected chi connectivity index (χ2v) is 7.28. The van der Waals surface area contributed by atoms with E-state index >= 15 is 0 Å². The van der Waals surface area contributed by atoms with Crippen LogP contribution >= 0.6 is 0 Å². The number of fused-ring (bicyclic) bond motifs is 3. The van der Waals surface area contributed by atoms with Gasteiger partial charge in [0, 0.05) is 22.9 Å². The first-order chi connectivity index (χ1) is 14.6. The zero-order valence-corrected chi connectivity index (χ0v) is 17.0. The van der Waals surface area contributed by atoms with Gasteiger partial charge in [-0.3, -0.25) is 4.79 Å². The summed E-state index contributed by atoms with van der Waals surface area (Å²) in [5.74, 6) is 1.42. The highest BCUT2D eigenvalue weighted by molar-refractivity contribution is 6.22. The van der Waals surface area contributed by atoms with Gasteiger partial charge in [0.1, 0.15) is 11.5 Å². The Hall–Kier alpha value is -3.86. The molecule has 148 valence electrons. The molecule has 0 atom stereocenters. The first-order valence-electron chi connectivity index (χ1n) is 9.66. The van der Waals surface area contributed by atoms with Gasteiger partial charge in [-0.15, -0.1) is 0 Å². The Labute approximate surface area is 174 Å². The lowest BCUT2D eigenvalue weighted by atomic mass is 9.98. The predicted molar refractivity (Wildman–Crippen MR) is 116 cm³/mol. The molecule has 5 nitrogen and oxygen atoms in total. The van der Waals surface area contributed by atoms with Gasteiger partial charge < -0.3 is 14.0 Å². The number of rotatable bonds is 4. The maximum Gasteiger partial charge on any atom is 0.194 e. The van der Waals surface area contributed by atoms with E-state index in [1.807, 2.05) is 72.3 Å². The Morgan fingerprint density at radius 2 is 1.57 bits per heavy atom. The molecule has 0 aliphatic heterocycles. The van der Waals surface area contributed by atoms with Gasteiger partial charge in [0.05, 0.1) is 31.9 Å². The van der Waals surface area contributed by atoms with Gasteiger partial charge in [0.2, 0.25) is 0 Å². The molecular formula is C25H20N2O3. The predicted octanol–water partition coefficient (Wildman–Crippen LogP) is 5.08. The van der Waals surface area contributed by atoms with Crippen molar-refractivity contribution in [2.24, 2.45) is 0 Å². The van der Waals surface area contributed by atoms with Crippen LogP contribution in [0.1, 0.15) is 21.6 Å². The Balaban J connectivity index is 1.67. The van der Waals surface area contributed by atoms with E-state index in [0.29, 0.717) is 16.9 Å². The zero-order valence-electron chi connectivity index (χ0n) is 17.0. The van der Waals surface area contributed by atoms with E-state index in [4.69, 9.17) is 9.47 Å². The summed E-state index contributed by atoms with van der Waals surface area (Å²) in [6, 6.07) is 17.6. The van der Waals surface area contributed by atoms with Crippen LogP contribution in [0, 0.1) is 6.92 Å². The van der Waals surface area contributed by atoms with Crippen molar-refractivity contribution in [2.75, 3.05) is 14.2 Å². The maximum absolute atomic E-state index is 13.2. The molecule has 30 heavy (non-hydrogen) atoms. The van der Waals surface area contributed by atoms with Crippen molar-refractivity contribution in [1.82, 2.24) is 9.55 Å². The highest BCUT2D eigenvalue weighted by atomic mass is 16.5. The fraction of sp³-hybridized carbons (Fsp3) is 0.120. The van der Waals surface area contributed by atoms with Crippen LogP contribution in [0.5, 0.6) is 11.5 Å². The number of aryl methyl sites for hydroxylation is 1. The van der Waals surface area contributed by atoms with Gasteiger partial charge in [0.15, 0.2) is 5.78 Å². The molecule has 0 fully saturated rings. The van der Waals surface area contributed by atoms with Crippen LogP contribution in [-0.4, -0.2) is 29.6 Å². The standard InChI is InChI=1S/C25H20N2O3/c1-15-13-27(14-26-15)22-11-19-18-9-8-16(17-6-4-5-7-23(17)29-2)10-20(18)25(28)21(19)12-24(22)30-3/h4-14H,1-3H3. The van der Waals surface area contributed by atoms with Crippen LogP contribution in [0.3, 0.4) is 0 Å². The lowest BCUT2D eigenvalue weighted by Crippen LogP contribution is -2.00. The number of benzene rings is 3. The second-order valence-electron chi connectivity index (χ2n) is 7.28. The molecule has 4 aromatic rings. The van der Waals surface area contributed by atoms with Gasteiger partial charge in [-0.05, 0) is 47.9 Å². The lowest BCUT2D eigenvalue weighted by molar-refractivity contribution is 0.104. The second kappa shape index (κ2) is 6.88. The number of ether oxygens (including phenoxy) is 2. The zero-order chi connectivity index (χ0) is 20.8. The largest absolute Gasteiger partial charge is 0.496 e. The summed E-state index contributed by atoms with van der Waals surface area (Å²) in [6.07, 6.45) is 3.69. The van der Waals surface area contributed by atoms with E-state index in [0.717, 1.165) is 39.4 Å². The maximum atomic E-state index is 13.2. The third-order valence-corrected chi connectivity index (χ3v) is 5.53. The van der Waals surface area contributed by atoms with Gasteiger partial charge in [0.25, 0.3) is 0 Å². The van der Waals surface area contributed by atoms with Crippen molar-refractivity contribution in [3.05, 3.63) is 83.9 Å². The Bertz CT molecular complexity index is 1300. The van der Waals surface area contributed by atoms with Crippen molar-refractivity contribution in [1.29, 1.82) is 0 Å². The number of imidazole rings is 1. The monoisotopic (exact) mass is 396 g/mol. The minimum absolute atomic E-state index is 0.00316. The van der Waals surface area contributed by atoms with E-state index in [2.05, 4.69) is 4.98 Å². The van der Waals surface area contributed by atoms with Crippen LogP contribution < -0.4 is 9.47 Å². The summed E-state index contributed by atoms with van der Waals surface area (Å²) < 4.78 is 13.0. The summed E-state index contributed by atoms with van der Waals surface area (Å²) in [6.45, 7) is 1.94. The number of aromatic nitrogens is 2. The van der Waals surface area contributed by atoms with Gasteiger partial charge in [-0.25, -0.2) is 4.98 Å². The third kappa shape index (κ3) is 2.70. The average molecular weight is 396 g/mol. The van der Waals surface area contributed by atoms with Crippen molar-refractivity contribution in [2.45, 2.75) is 6.92 Å². The van der Waals surface area contributed by atoms with E-state index in [1.54, 1.807) is 20.5 Å². The third-order valence-electron chi connectivity index (χ3n) is 5.53. The summed E-state index contributed by atoms with van der Waals surface area (Å²) in [7, 11) is 3.26. The van der Waals surface area contributed by atoms with E-state index in [-0.39, 0.29) is 5.78 Å². The van der Waals surface area contributed by atoms with E-state index < -0.39 is 0 Å². The van der Waals surface area contributed by atoms with Gasteiger partial charge in [-0.2, -0.15) is 0 Å². The molecule has 0 amide bonds. The average Bonchev–Trinajstić information content (AvgIpc) is 3.33. The first kappa shape index (κ1) is 18.2. The number of methoxy groups -OCH3 is 2. The van der Waals surface area contributed by atoms with Crippen LogP contribution in [-0.2, 0) is 0 Å². The highest BCUT2D eigenvalue weighted by Crippen LogP contribution is 2.43. The normalized spacial score (nSPS) is 11.9. The minimum Gasteiger partial charge on any atom is -0.496 e. The van der Waals surface area contributed by atoms with Crippen LogP contribution in [0.4, 0.5) is 0 Å². The Morgan fingerprint density at radius 3 is 2.30 bits per heavy atom. The Kier molecular flexibility index (Phi) is 4.17. The number of hydrogen-bond acceptors (Lipinski definition) is 4. The number of ketones is 1. The minimum atomic E-state index is 0.00316. The van der Waals surface area contributed by atoms with Gasteiger partial charge in [-0.1, -0.05) is 30.3 Å². The quantitative estimate of drug-likeness (QED) is 0.425. The van der Waals surface area contributed by atoms with E-state index in [1.165, 1.54) is 0 Å². The number of para-hydroxylation sites is 1. The molecule has 0 N–H and O–H groups in total. The molecule has 1 aliphatic carbocycles. The summed E-state index contributed by atoms with van der Waals surface area (Å²) in [5.41, 5.74) is 6.84. The number of carbonyl (C=O) groups is 1. The number of carbonyl (C=O) groups excluding carboxylic acids is 1. The molecule has 0 unspecified atom stereocenters. The SMILES string of the molecule is COc1ccccc1-c1ccc2c(c1)C(=O)c1cc(OC)c(-n3cnc(C)c3)cc1-2. The number of hydrogen-bond donors (Lipinski definition) is 0. The molecule has 5 rings (SSSR count). The summed E-state index contributed by atoms with van der Waals surface area (Å²) in [4.78, 5) is 17.6.